The number of hydrogen-bond acceptors (Lipinski definition) is 3. The number of aromatic nitrogens is 2. The Balaban J connectivity index is 1.96. The summed E-state index contributed by atoms with van der Waals surface area (Å²) in [6.07, 6.45) is 0. The largest absolute Gasteiger partial charge is 0.306 e. The summed E-state index contributed by atoms with van der Waals surface area (Å²) in [4.78, 5) is 26.3. The molecule has 0 spiro atoms. The summed E-state index contributed by atoms with van der Waals surface area (Å²) in [6, 6.07) is 26.1. The van der Waals surface area contributed by atoms with E-state index in [2.05, 4.69) is 10.4 Å². The van der Waals surface area contributed by atoms with Gasteiger partial charge in [-0.05, 0) is 43.2 Å². The van der Waals surface area contributed by atoms with Crippen molar-refractivity contribution in [2.24, 2.45) is 0 Å². The average Bonchev–Trinajstić information content (AvgIpc) is 2.77. The van der Waals surface area contributed by atoms with Gasteiger partial charge in [0, 0.05) is 5.56 Å². The van der Waals surface area contributed by atoms with Crippen molar-refractivity contribution in [3.05, 3.63) is 112 Å². The molecule has 0 saturated carbocycles. The van der Waals surface area contributed by atoms with Gasteiger partial charge in [0.1, 0.15) is 11.5 Å². The summed E-state index contributed by atoms with van der Waals surface area (Å²) in [6.45, 7) is 3.56. The van der Waals surface area contributed by atoms with Crippen LogP contribution in [-0.4, -0.2) is 15.7 Å². The molecule has 1 heterocycles. The molecular formula is C25H21N3O2. The third-order valence-electron chi connectivity index (χ3n) is 4.94. The second-order valence-electron chi connectivity index (χ2n) is 7.02. The van der Waals surface area contributed by atoms with Gasteiger partial charge in [-0.25, -0.2) is 4.68 Å². The van der Waals surface area contributed by atoms with E-state index in [1.165, 1.54) is 0 Å². The van der Waals surface area contributed by atoms with Crippen molar-refractivity contribution in [1.29, 1.82) is 0 Å². The Labute approximate surface area is 174 Å². The molecule has 0 saturated heterocycles. The van der Waals surface area contributed by atoms with Crippen molar-refractivity contribution in [3.63, 3.8) is 0 Å². The Hall–Kier alpha value is -3.99. The zero-order chi connectivity index (χ0) is 21.1. The van der Waals surface area contributed by atoms with Gasteiger partial charge in [0.2, 0.25) is 5.43 Å². The molecule has 0 aliphatic heterocycles. The minimum atomic E-state index is -0.292. The maximum atomic E-state index is 13.1. The zero-order valence-corrected chi connectivity index (χ0v) is 16.8. The summed E-state index contributed by atoms with van der Waals surface area (Å²) < 4.78 is 1.62. The number of hydrogen-bond donors (Lipinski definition) is 1. The second kappa shape index (κ2) is 8.17. The van der Waals surface area contributed by atoms with Gasteiger partial charge in [-0.1, -0.05) is 66.7 Å². The summed E-state index contributed by atoms with van der Waals surface area (Å²) in [5.41, 5.74) is 3.42. The molecule has 5 nitrogen and oxygen atoms in total. The maximum absolute atomic E-state index is 13.1. The molecule has 5 heteroatoms. The van der Waals surface area contributed by atoms with Crippen LogP contribution in [0.3, 0.4) is 0 Å². The van der Waals surface area contributed by atoms with Crippen LogP contribution in [0.1, 0.15) is 21.6 Å². The number of carbonyl (C=O) groups is 1. The van der Waals surface area contributed by atoms with E-state index in [4.69, 9.17) is 0 Å². The molecule has 148 valence electrons. The molecule has 4 rings (SSSR count). The maximum Gasteiger partial charge on any atom is 0.257 e. The summed E-state index contributed by atoms with van der Waals surface area (Å²) in [7, 11) is 0. The number of amides is 1. The molecule has 1 N–H and O–H groups in total. The van der Waals surface area contributed by atoms with Crippen LogP contribution in [0.5, 0.6) is 0 Å². The number of aryl methyl sites for hydroxylation is 2. The van der Waals surface area contributed by atoms with Crippen LogP contribution in [0.2, 0.25) is 0 Å². The molecule has 0 unspecified atom stereocenters. The lowest BCUT2D eigenvalue weighted by atomic mass is 10.0. The van der Waals surface area contributed by atoms with Crippen LogP contribution in [0.25, 0.3) is 16.8 Å². The minimum Gasteiger partial charge on any atom is -0.306 e. The van der Waals surface area contributed by atoms with Crippen molar-refractivity contribution in [1.82, 2.24) is 9.78 Å². The molecule has 0 radical (unpaired) electrons. The number of benzene rings is 3. The fraction of sp³-hybridized carbons (Fsp3) is 0.0800. The molecule has 0 atom stereocenters. The van der Waals surface area contributed by atoms with Gasteiger partial charge in [0.25, 0.3) is 5.91 Å². The van der Waals surface area contributed by atoms with E-state index in [1.54, 1.807) is 17.7 Å². The molecular weight excluding hydrogens is 374 g/mol. The predicted octanol–water partition coefficient (Wildman–Crippen LogP) is 4.77. The predicted molar refractivity (Wildman–Crippen MR) is 119 cm³/mol. The molecule has 4 aromatic rings. The van der Waals surface area contributed by atoms with E-state index < -0.39 is 0 Å². The molecule has 1 amide bonds. The Kier molecular flexibility index (Phi) is 5.26. The van der Waals surface area contributed by atoms with E-state index in [9.17, 15) is 9.59 Å². The van der Waals surface area contributed by atoms with Crippen molar-refractivity contribution >= 4 is 11.7 Å². The van der Waals surface area contributed by atoms with E-state index in [0.29, 0.717) is 22.6 Å². The highest BCUT2D eigenvalue weighted by molar-refractivity contribution is 6.06. The number of anilines is 1. The smallest absolute Gasteiger partial charge is 0.257 e. The highest BCUT2D eigenvalue weighted by Gasteiger charge is 2.21. The number of carbonyl (C=O) groups excluding carboxylic acids is 1. The highest BCUT2D eigenvalue weighted by Crippen LogP contribution is 2.27. The van der Waals surface area contributed by atoms with E-state index in [-0.39, 0.29) is 11.3 Å². The topological polar surface area (TPSA) is 64.0 Å². The molecule has 30 heavy (non-hydrogen) atoms. The lowest BCUT2D eigenvalue weighted by molar-refractivity contribution is 0.102. The first-order valence-corrected chi connectivity index (χ1v) is 9.68. The zero-order valence-electron chi connectivity index (χ0n) is 16.8. The lowest BCUT2D eigenvalue weighted by Gasteiger charge is -2.18. The van der Waals surface area contributed by atoms with Crippen LogP contribution in [0.15, 0.2) is 89.7 Å². The lowest BCUT2D eigenvalue weighted by Crippen LogP contribution is -2.25. The van der Waals surface area contributed by atoms with Crippen LogP contribution in [-0.2, 0) is 0 Å². The quantitative estimate of drug-likeness (QED) is 0.541. The second-order valence-corrected chi connectivity index (χ2v) is 7.02. The van der Waals surface area contributed by atoms with Crippen LogP contribution < -0.4 is 10.7 Å². The fourth-order valence-corrected chi connectivity index (χ4v) is 3.39. The number of para-hydroxylation sites is 1. The SMILES string of the molecule is Cc1ccccc1C(=O)Nc1c(-c2ccccc2)c(=O)c(C)nn1-c1ccccc1. The third kappa shape index (κ3) is 3.65. The molecule has 0 aliphatic rings. The van der Waals surface area contributed by atoms with Crippen LogP contribution in [0, 0.1) is 13.8 Å². The fourth-order valence-electron chi connectivity index (χ4n) is 3.39. The molecule has 0 aliphatic carbocycles. The Bertz CT molecular complexity index is 1260. The van der Waals surface area contributed by atoms with Crippen molar-refractivity contribution in [2.75, 3.05) is 5.32 Å². The van der Waals surface area contributed by atoms with Gasteiger partial charge in [-0.2, -0.15) is 5.10 Å². The van der Waals surface area contributed by atoms with Crippen LogP contribution >= 0.6 is 0 Å². The molecule has 3 aromatic carbocycles. The van der Waals surface area contributed by atoms with Gasteiger partial charge in [-0.3, -0.25) is 9.59 Å². The molecule has 0 bridgehead atoms. The highest BCUT2D eigenvalue weighted by atomic mass is 16.2. The first kappa shape index (κ1) is 19.3. The molecule has 1 aromatic heterocycles. The van der Waals surface area contributed by atoms with Gasteiger partial charge in [-0.15, -0.1) is 0 Å². The summed E-state index contributed by atoms with van der Waals surface area (Å²) in [5, 5.41) is 7.45. The van der Waals surface area contributed by atoms with Crippen molar-refractivity contribution in [3.8, 4) is 16.8 Å². The number of rotatable bonds is 4. The Morgan fingerprint density at radius 3 is 2.10 bits per heavy atom. The standard InChI is InChI=1S/C25H21N3O2/c1-17-11-9-10-16-21(17)25(30)26-24-22(19-12-5-3-6-13-19)23(29)18(2)27-28(24)20-14-7-4-8-15-20/h3-16H,1-2H3,(H,26,30). The number of nitrogens with one attached hydrogen (secondary N) is 1. The molecule has 0 fully saturated rings. The van der Waals surface area contributed by atoms with Gasteiger partial charge in [0.15, 0.2) is 0 Å². The van der Waals surface area contributed by atoms with Gasteiger partial charge >= 0.3 is 0 Å². The van der Waals surface area contributed by atoms with Gasteiger partial charge in [0.05, 0.1) is 11.3 Å². The first-order valence-electron chi connectivity index (χ1n) is 9.68. The third-order valence-corrected chi connectivity index (χ3v) is 4.94. The number of nitrogens with zero attached hydrogens (tertiary/aromatic N) is 2. The normalized spacial score (nSPS) is 10.6. The summed E-state index contributed by atoms with van der Waals surface area (Å²) >= 11 is 0. The van der Waals surface area contributed by atoms with Gasteiger partial charge < -0.3 is 5.32 Å². The van der Waals surface area contributed by atoms with E-state index >= 15 is 0 Å². The van der Waals surface area contributed by atoms with E-state index in [1.807, 2.05) is 85.8 Å². The first-order chi connectivity index (χ1) is 14.6. The average molecular weight is 395 g/mol. The monoisotopic (exact) mass is 395 g/mol. The summed E-state index contributed by atoms with van der Waals surface area (Å²) in [5.74, 6) is 0.0521. The van der Waals surface area contributed by atoms with Crippen LogP contribution in [0.4, 0.5) is 5.82 Å². The Morgan fingerprint density at radius 1 is 0.833 bits per heavy atom. The van der Waals surface area contributed by atoms with Crippen molar-refractivity contribution in [2.45, 2.75) is 13.8 Å². The Morgan fingerprint density at radius 2 is 1.43 bits per heavy atom. The minimum absolute atomic E-state index is 0.214. The van der Waals surface area contributed by atoms with E-state index in [0.717, 1.165) is 16.8 Å². The van der Waals surface area contributed by atoms with Crippen molar-refractivity contribution < 1.29 is 4.79 Å².